The van der Waals surface area contributed by atoms with Crippen LogP contribution in [-0.4, -0.2) is 0 Å². The Bertz CT molecular complexity index is 255. The van der Waals surface area contributed by atoms with Crippen molar-refractivity contribution in [2.24, 2.45) is 10.8 Å². The van der Waals surface area contributed by atoms with Crippen LogP contribution in [0.1, 0.15) is 53.0 Å². The van der Waals surface area contributed by atoms with E-state index in [4.69, 9.17) is 0 Å². The minimum atomic E-state index is 0.333. The molecule has 0 saturated heterocycles. The summed E-state index contributed by atoms with van der Waals surface area (Å²) in [5, 5.41) is 4.47. The van der Waals surface area contributed by atoms with Gasteiger partial charge in [0.15, 0.2) is 0 Å². The van der Waals surface area contributed by atoms with Crippen molar-refractivity contribution in [2.45, 2.75) is 47.5 Å². The number of hydrogen-bond acceptors (Lipinski definition) is 1. The first-order valence-corrected chi connectivity index (χ1v) is 6.19. The molecule has 1 heteroatoms. The molecular formula is C13H22S. The quantitative estimate of drug-likeness (QED) is 0.617. The Morgan fingerprint density at radius 1 is 1.00 bits per heavy atom. The summed E-state index contributed by atoms with van der Waals surface area (Å²) in [7, 11) is 0. The van der Waals surface area contributed by atoms with Crippen molar-refractivity contribution in [1.29, 1.82) is 0 Å². The minimum Gasteiger partial charge on any atom is -0.152 e. The third kappa shape index (κ3) is 2.60. The molecule has 0 fully saturated rings. The highest BCUT2D eigenvalue weighted by Crippen LogP contribution is 2.47. The van der Waals surface area contributed by atoms with E-state index in [9.17, 15) is 0 Å². The van der Waals surface area contributed by atoms with Crippen LogP contribution in [-0.2, 0) is 0 Å². The van der Waals surface area contributed by atoms with Gasteiger partial charge in [0.25, 0.3) is 0 Å². The van der Waals surface area contributed by atoms with Gasteiger partial charge in [0.2, 0.25) is 0 Å². The molecule has 1 aromatic rings. The van der Waals surface area contributed by atoms with Crippen LogP contribution in [0.4, 0.5) is 0 Å². The van der Waals surface area contributed by atoms with Crippen molar-refractivity contribution in [1.82, 2.24) is 0 Å². The van der Waals surface area contributed by atoms with Crippen LogP contribution in [0.15, 0.2) is 16.8 Å². The molecule has 0 amide bonds. The van der Waals surface area contributed by atoms with Gasteiger partial charge in [0, 0.05) is 0 Å². The number of thiophene rings is 1. The van der Waals surface area contributed by atoms with Crippen LogP contribution in [0.5, 0.6) is 0 Å². The molecule has 1 heterocycles. The van der Waals surface area contributed by atoms with Crippen molar-refractivity contribution >= 4 is 11.3 Å². The largest absolute Gasteiger partial charge is 0.152 e. The minimum absolute atomic E-state index is 0.333. The molecule has 0 bridgehead atoms. The number of rotatable bonds is 1. The van der Waals surface area contributed by atoms with Gasteiger partial charge >= 0.3 is 0 Å². The Labute approximate surface area is 92.4 Å². The van der Waals surface area contributed by atoms with Crippen LogP contribution >= 0.6 is 11.3 Å². The Kier molecular flexibility index (Phi) is 3.10. The summed E-state index contributed by atoms with van der Waals surface area (Å²) in [6.07, 6.45) is 0. The number of hydrogen-bond donors (Lipinski definition) is 0. The Hall–Kier alpha value is -0.300. The second-order valence-corrected chi connectivity index (χ2v) is 7.00. The average molecular weight is 210 g/mol. The summed E-state index contributed by atoms with van der Waals surface area (Å²) < 4.78 is 0. The molecular weight excluding hydrogens is 188 g/mol. The standard InChI is InChI=1S/C13H22S/c1-12(2,3)11(13(4,5)6)10-7-8-14-9-10/h7-9,11H,1-6H3. The zero-order valence-electron chi connectivity index (χ0n) is 10.2. The molecule has 0 N–H and O–H groups in total. The monoisotopic (exact) mass is 210 g/mol. The molecule has 0 unspecified atom stereocenters. The third-order valence-corrected chi connectivity index (χ3v) is 3.31. The van der Waals surface area contributed by atoms with E-state index in [1.165, 1.54) is 5.56 Å². The van der Waals surface area contributed by atoms with Crippen LogP contribution in [0.3, 0.4) is 0 Å². The highest BCUT2D eigenvalue weighted by atomic mass is 32.1. The van der Waals surface area contributed by atoms with Gasteiger partial charge in [-0.1, -0.05) is 41.5 Å². The lowest BCUT2D eigenvalue weighted by molar-refractivity contribution is 0.176. The molecule has 0 nitrogen and oxygen atoms in total. The van der Waals surface area contributed by atoms with Crippen LogP contribution in [0, 0.1) is 10.8 Å². The second-order valence-electron chi connectivity index (χ2n) is 6.22. The Balaban J connectivity index is 3.08. The van der Waals surface area contributed by atoms with E-state index in [0.717, 1.165) is 0 Å². The Morgan fingerprint density at radius 3 is 1.79 bits per heavy atom. The first kappa shape index (κ1) is 11.8. The van der Waals surface area contributed by atoms with Crippen LogP contribution < -0.4 is 0 Å². The van der Waals surface area contributed by atoms with Crippen molar-refractivity contribution in [3.05, 3.63) is 22.4 Å². The maximum absolute atomic E-state index is 2.33. The van der Waals surface area contributed by atoms with Gasteiger partial charge < -0.3 is 0 Å². The molecule has 0 saturated carbocycles. The molecule has 80 valence electrons. The van der Waals surface area contributed by atoms with Crippen LogP contribution in [0.25, 0.3) is 0 Å². The Morgan fingerprint density at radius 2 is 1.50 bits per heavy atom. The highest BCUT2D eigenvalue weighted by Gasteiger charge is 2.35. The lowest BCUT2D eigenvalue weighted by atomic mass is 9.64. The second kappa shape index (κ2) is 3.69. The maximum Gasteiger partial charge on any atom is -0.00563 e. The fourth-order valence-electron chi connectivity index (χ4n) is 2.74. The fraction of sp³-hybridized carbons (Fsp3) is 0.692. The van der Waals surface area contributed by atoms with Crippen molar-refractivity contribution in [3.63, 3.8) is 0 Å². The fourth-order valence-corrected chi connectivity index (χ4v) is 3.42. The summed E-state index contributed by atoms with van der Waals surface area (Å²) >= 11 is 1.80. The van der Waals surface area contributed by atoms with E-state index in [2.05, 4.69) is 58.4 Å². The summed E-state index contributed by atoms with van der Waals surface area (Å²) in [5.74, 6) is 0.626. The normalized spacial score (nSPS) is 13.6. The van der Waals surface area contributed by atoms with Gasteiger partial charge in [0.05, 0.1) is 0 Å². The molecule has 0 aliphatic carbocycles. The summed E-state index contributed by atoms with van der Waals surface area (Å²) in [4.78, 5) is 0. The van der Waals surface area contributed by atoms with Gasteiger partial charge in [-0.25, -0.2) is 0 Å². The van der Waals surface area contributed by atoms with Gasteiger partial charge in [-0.05, 0) is 39.1 Å². The van der Waals surface area contributed by atoms with Gasteiger partial charge in [-0.15, -0.1) is 0 Å². The zero-order valence-corrected chi connectivity index (χ0v) is 11.0. The molecule has 0 aromatic carbocycles. The van der Waals surface area contributed by atoms with E-state index in [-0.39, 0.29) is 0 Å². The zero-order chi connectivity index (χ0) is 11.0. The molecule has 0 atom stereocenters. The van der Waals surface area contributed by atoms with E-state index in [1.54, 1.807) is 11.3 Å². The molecule has 0 spiro atoms. The molecule has 14 heavy (non-hydrogen) atoms. The van der Waals surface area contributed by atoms with Crippen molar-refractivity contribution in [2.75, 3.05) is 0 Å². The third-order valence-electron chi connectivity index (χ3n) is 2.61. The maximum atomic E-state index is 2.33. The molecule has 1 rings (SSSR count). The summed E-state index contributed by atoms with van der Waals surface area (Å²) in [6, 6.07) is 2.27. The van der Waals surface area contributed by atoms with E-state index in [1.807, 2.05) is 0 Å². The molecule has 1 aromatic heterocycles. The topological polar surface area (TPSA) is 0 Å². The first-order chi connectivity index (χ1) is 6.23. The molecule has 0 aliphatic rings. The first-order valence-electron chi connectivity index (χ1n) is 5.25. The van der Waals surface area contributed by atoms with E-state index >= 15 is 0 Å². The van der Waals surface area contributed by atoms with Crippen LogP contribution in [0.2, 0.25) is 0 Å². The predicted molar refractivity (Wildman–Crippen MR) is 66.0 cm³/mol. The van der Waals surface area contributed by atoms with Crippen molar-refractivity contribution < 1.29 is 0 Å². The lowest BCUT2D eigenvalue weighted by Crippen LogP contribution is -2.29. The van der Waals surface area contributed by atoms with Gasteiger partial charge in [0.1, 0.15) is 0 Å². The highest BCUT2D eigenvalue weighted by molar-refractivity contribution is 7.07. The van der Waals surface area contributed by atoms with Gasteiger partial charge in [-0.2, -0.15) is 11.3 Å². The molecule has 0 radical (unpaired) electrons. The van der Waals surface area contributed by atoms with Gasteiger partial charge in [-0.3, -0.25) is 0 Å². The summed E-state index contributed by atoms with van der Waals surface area (Å²) in [6.45, 7) is 14.0. The van der Waals surface area contributed by atoms with Crippen molar-refractivity contribution in [3.8, 4) is 0 Å². The van der Waals surface area contributed by atoms with E-state index in [0.29, 0.717) is 16.7 Å². The molecule has 0 aliphatic heterocycles. The average Bonchev–Trinajstić information content (AvgIpc) is 2.31. The smallest absolute Gasteiger partial charge is 0.00563 e. The SMILES string of the molecule is CC(C)(C)C(c1ccsc1)C(C)(C)C. The van der Waals surface area contributed by atoms with E-state index < -0.39 is 0 Å². The predicted octanol–water partition coefficient (Wildman–Crippen LogP) is 4.92. The lowest BCUT2D eigenvalue weighted by Gasteiger charge is -2.40. The summed E-state index contributed by atoms with van der Waals surface area (Å²) in [5.41, 5.74) is 2.16.